The number of carbonyl (C=O) groups is 1. The number of para-hydroxylation sites is 1. The van der Waals surface area contributed by atoms with Crippen molar-refractivity contribution in [2.24, 2.45) is 0 Å². The average Bonchev–Trinajstić information content (AvgIpc) is 2.52. The van der Waals surface area contributed by atoms with Crippen molar-refractivity contribution >= 4 is 38.9 Å². The summed E-state index contributed by atoms with van der Waals surface area (Å²) in [6.45, 7) is -0.688. The largest absolute Gasteiger partial charge is 0.417 e. The van der Waals surface area contributed by atoms with Crippen LogP contribution in [0.15, 0.2) is 48.5 Å². The number of anilines is 2. The van der Waals surface area contributed by atoms with E-state index in [9.17, 15) is 26.4 Å². The summed E-state index contributed by atoms with van der Waals surface area (Å²) in [6.07, 6.45) is -3.97. The fourth-order valence-corrected chi connectivity index (χ4v) is 3.21. The van der Waals surface area contributed by atoms with E-state index in [-0.39, 0.29) is 5.69 Å². The van der Waals surface area contributed by atoms with Gasteiger partial charge in [0.1, 0.15) is 6.54 Å². The molecule has 1 amide bonds. The highest BCUT2D eigenvalue weighted by molar-refractivity contribution is 7.92. The lowest BCUT2D eigenvalue weighted by Gasteiger charge is -2.23. The third-order valence-corrected chi connectivity index (χ3v) is 4.76. The molecule has 0 heterocycles. The lowest BCUT2D eigenvalue weighted by Crippen LogP contribution is -2.37. The van der Waals surface area contributed by atoms with Crippen LogP contribution in [0.25, 0.3) is 0 Å². The van der Waals surface area contributed by atoms with Crippen LogP contribution in [0.2, 0.25) is 5.02 Å². The number of benzene rings is 2. The standard InChI is InChI=1S/C16H14ClF3N2O3S/c1-26(24,25)22(10-15(23)21-11-5-3-2-4-6-11)12-7-8-14(17)13(9-12)16(18,19)20/h2-9H,10H2,1H3,(H,21,23). The summed E-state index contributed by atoms with van der Waals surface area (Å²) in [6, 6.07) is 10.9. The Morgan fingerprint density at radius 3 is 2.31 bits per heavy atom. The first kappa shape index (κ1) is 20.1. The molecule has 0 aliphatic heterocycles. The molecule has 2 aromatic carbocycles. The van der Waals surface area contributed by atoms with Gasteiger partial charge in [-0.1, -0.05) is 29.8 Å². The number of hydrogen-bond donors (Lipinski definition) is 1. The molecule has 0 radical (unpaired) electrons. The maximum atomic E-state index is 13.0. The quantitative estimate of drug-likeness (QED) is 0.822. The van der Waals surface area contributed by atoms with Gasteiger partial charge < -0.3 is 5.32 Å². The Bertz CT molecular complexity index is 903. The number of rotatable bonds is 5. The molecular weight excluding hydrogens is 393 g/mol. The van der Waals surface area contributed by atoms with Crippen molar-refractivity contribution in [3.05, 3.63) is 59.1 Å². The van der Waals surface area contributed by atoms with Crippen LogP contribution in [0, 0.1) is 0 Å². The smallest absolute Gasteiger partial charge is 0.325 e. The van der Waals surface area contributed by atoms with E-state index in [0.717, 1.165) is 18.4 Å². The zero-order valence-electron chi connectivity index (χ0n) is 13.4. The molecule has 10 heteroatoms. The number of amides is 1. The van der Waals surface area contributed by atoms with E-state index in [1.165, 1.54) is 0 Å². The molecule has 2 aromatic rings. The van der Waals surface area contributed by atoms with E-state index in [0.29, 0.717) is 16.1 Å². The molecule has 5 nitrogen and oxygen atoms in total. The number of carbonyl (C=O) groups excluding carboxylic acids is 1. The number of sulfonamides is 1. The van der Waals surface area contributed by atoms with Crippen molar-refractivity contribution < 1.29 is 26.4 Å². The van der Waals surface area contributed by atoms with Crippen molar-refractivity contribution in [1.29, 1.82) is 0 Å². The van der Waals surface area contributed by atoms with E-state index in [1.54, 1.807) is 30.3 Å². The predicted octanol–water partition coefficient (Wildman–Crippen LogP) is 3.76. The summed E-state index contributed by atoms with van der Waals surface area (Å²) >= 11 is 5.55. The van der Waals surface area contributed by atoms with Crippen LogP contribution in [0.3, 0.4) is 0 Å². The molecule has 0 saturated heterocycles. The summed E-state index contributed by atoms with van der Waals surface area (Å²) in [5.41, 5.74) is -1.07. The first-order valence-electron chi connectivity index (χ1n) is 7.18. The lowest BCUT2D eigenvalue weighted by molar-refractivity contribution is -0.137. The lowest BCUT2D eigenvalue weighted by atomic mass is 10.2. The van der Waals surface area contributed by atoms with E-state index in [4.69, 9.17) is 11.6 Å². The molecule has 0 atom stereocenters. The molecule has 0 fully saturated rings. The van der Waals surface area contributed by atoms with Gasteiger partial charge in [0.25, 0.3) is 0 Å². The molecule has 0 aliphatic carbocycles. The Balaban J connectivity index is 2.33. The van der Waals surface area contributed by atoms with Crippen LogP contribution in [-0.2, 0) is 21.0 Å². The van der Waals surface area contributed by atoms with E-state index < -0.39 is 39.2 Å². The Morgan fingerprint density at radius 2 is 1.77 bits per heavy atom. The van der Waals surface area contributed by atoms with Crippen LogP contribution in [0.5, 0.6) is 0 Å². The zero-order valence-corrected chi connectivity index (χ0v) is 15.0. The van der Waals surface area contributed by atoms with Gasteiger partial charge in [-0.15, -0.1) is 0 Å². The predicted molar refractivity (Wildman–Crippen MR) is 93.7 cm³/mol. The second-order valence-corrected chi connectivity index (χ2v) is 7.66. The topological polar surface area (TPSA) is 66.5 Å². The van der Waals surface area contributed by atoms with Gasteiger partial charge in [-0.3, -0.25) is 9.10 Å². The number of nitrogens with one attached hydrogen (secondary N) is 1. The third-order valence-electron chi connectivity index (χ3n) is 3.29. The summed E-state index contributed by atoms with van der Waals surface area (Å²) in [7, 11) is -4.02. The first-order chi connectivity index (χ1) is 12.0. The molecule has 1 N–H and O–H groups in total. The van der Waals surface area contributed by atoms with Gasteiger partial charge in [-0.05, 0) is 30.3 Å². The van der Waals surface area contributed by atoms with Crippen molar-refractivity contribution in [1.82, 2.24) is 0 Å². The first-order valence-corrected chi connectivity index (χ1v) is 9.40. The van der Waals surface area contributed by atoms with Gasteiger partial charge in [-0.25, -0.2) is 8.42 Å². The fourth-order valence-electron chi connectivity index (χ4n) is 2.14. The molecule has 0 saturated carbocycles. The Hall–Kier alpha value is -2.26. The van der Waals surface area contributed by atoms with Crippen LogP contribution in [-0.4, -0.2) is 27.1 Å². The van der Waals surface area contributed by atoms with Crippen molar-refractivity contribution in [3.63, 3.8) is 0 Å². The van der Waals surface area contributed by atoms with Gasteiger partial charge in [0.15, 0.2) is 0 Å². The number of alkyl halides is 3. The van der Waals surface area contributed by atoms with Gasteiger partial charge in [0.2, 0.25) is 15.9 Å². The fraction of sp³-hybridized carbons (Fsp3) is 0.188. The monoisotopic (exact) mass is 406 g/mol. The number of nitrogens with zero attached hydrogens (tertiary/aromatic N) is 1. The molecular formula is C16H14ClF3N2O3S. The second-order valence-electron chi connectivity index (χ2n) is 5.35. The van der Waals surface area contributed by atoms with Crippen molar-refractivity contribution in [2.75, 3.05) is 22.4 Å². The summed E-state index contributed by atoms with van der Waals surface area (Å²) in [5.74, 6) is -0.704. The molecule has 0 bridgehead atoms. The Kier molecular flexibility index (Phi) is 5.82. The average molecular weight is 407 g/mol. The van der Waals surface area contributed by atoms with Gasteiger partial charge >= 0.3 is 6.18 Å². The normalized spacial score (nSPS) is 11.9. The number of halogens is 4. The minimum Gasteiger partial charge on any atom is -0.325 e. The molecule has 0 spiro atoms. The van der Waals surface area contributed by atoms with Gasteiger partial charge in [-0.2, -0.15) is 13.2 Å². The summed E-state index contributed by atoms with van der Waals surface area (Å²) in [4.78, 5) is 12.1. The molecule has 2 rings (SSSR count). The van der Waals surface area contributed by atoms with Crippen molar-refractivity contribution in [3.8, 4) is 0 Å². The summed E-state index contributed by atoms with van der Waals surface area (Å²) < 4.78 is 63.6. The minimum atomic E-state index is -4.76. The molecule has 0 unspecified atom stereocenters. The van der Waals surface area contributed by atoms with Crippen LogP contribution < -0.4 is 9.62 Å². The maximum Gasteiger partial charge on any atom is 0.417 e. The Labute approximate surface area is 153 Å². The SMILES string of the molecule is CS(=O)(=O)N(CC(=O)Nc1ccccc1)c1ccc(Cl)c(C(F)(F)F)c1. The minimum absolute atomic E-state index is 0.313. The van der Waals surface area contributed by atoms with E-state index in [1.807, 2.05) is 0 Å². The summed E-state index contributed by atoms with van der Waals surface area (Å²) in [5, 5.41) is 1.91. The van der Waals surface area contributed by atoms with Crippen LogP contribution >= 0.6 is 11.6 Å². The van der Waals surface area contributed by atoms with Crippen molar-refractivity contribution in [2.45, 2.75) is 6.18 Å². The van der Waals surface area contributed by atoms with E-state index in [2.05, 4.69) is 5.32 Å². The maximum absolute atomic E-state index is 13.0. The molecule has 140 valence electrons. The molecule has 26 heavy (non-hydrogen) atoms. The van der Waals surface area contributed by atoms with Crippen LogP contribution in [0.1, 0.15) is 5.56 Å². The Morgan fingerprint density at radius 1 is 1.15 bits per heavy atom. The zero-order chi connectivity index (χ0) is 19.5. The van der Waals surface area contributed by atoms with Gasteiger partial charge in [0, 0.05) is 5.69 Å². The van der Waals surface area contributed by atoms with Gasteiger partial charge in [0.05, 0.1) is 22.5 Å². The highest BCUT2D eigenvalue weighted by Crippen LogP contribution is 2.37. The van der Waals surface area contributed by atoms with E-state index >= 15 is 0 Å². The highest BCUT2D eigenvalue weighted by Gasteiger charge is 2.34. The van der Waals surface area contributed by atoms with Crippen LogP contribution in [0.4, 0.5) is 24.5 Å². The third kappa shape index (κ3) is 5.12. The molecule has 0 aliphatic rings. The second kappa shape index (κ2) is 7.55. The highest BCUT2D eigenvalue weighted by atomic mass is 35.5. The molecule has 0 aromatic heterocycles. The number of hydrogen-bond acceptors (Lipinski definition) is 3.